The molecule has 0 aliphatic rings. The van der Waals surface area contributed by atoms with Crippen LogP contribution in [-0.2, 0) is 4.79 Å². The fraction of sp³-hybridized carbons (Fsp3) is 0.333. The molecule has 1 rings (SSSR count). The second kappa shape index (κ2) is 7.49. The van der Waals surface area contributed by atoms with Crippen molar-refractivity contribution < 1.29 is 14.7 Å². The minimum absolute atomic E-state index is 0.0519. The smallest absolute Gasteiger partial charge is 0.321 e. The predicted octanol–water partition coefficient (Wildman–Crippen LogP) is 3.54. The van der Waals surface area contributed by atoms with Crippen molar-refractivity contribution in [3.63, 3.8) is 0 Å². The summed E-state index contributed by atoms with van der Waals surface area (Å²) < 4.78 is 1.54. The number of aliphatic carboxylic acids is 1. The van der Waals surface area contributed by atoms with E-state index in [9.17, 15) is 9.59 Å². The van der Waals surface area contributed by atoms with Gasteiger partial charge in [0.1, 0.15) is 0 Å². The zero-order valence-corrected chi connectivity index (χ0v) is 13.5. The Kier molecular flexibility index (Phi) is 6.30. The normalized spacial score (nSPS) is 10.1. The van der Waals surface area contributed by atoms with Crippen LogP contribution in [0, 0.1) is 0 Å². The summed E-state index contributed by atoms with van der Waals surface area (Å²) in [7, 11) is 1.63. The average molecular weight is 394 g/mol. The number of hydrogen-bond acceptors (Lipinski definition) is 2. The van der Waals surface area contributed by atoms with Crippen LogP contribution < -0.4 is 5.32 Å². The maximum absolute atomic E-state index is 11.9. The van der Waals surface area contributed by atoms with Gasteiger partial charge in [-0.1, -0.05) is 6.07 Å². The van der Waals surface area contributed by atoms with Crippen molar-refractivity contribution in [2.24, 2.45) is 0 Å². The molecule has 0 saturated carbocycles. The lowest BCUT2D eigenvalue weighted by Crippen LogP contribution is -2.32. The highest BCUT2D eigenvalue weighted by Gasteiger charge is 2.12. The van der Waals surface area contributed by atoms with Gasteiger partial charge in [-0.05, 0) is 50.4 Å². The van der Waals surface area contributed by atoms with Crippen LogP contribution in [0.2, 0.25) is 0 Å². The van der Waals surface area contributed by atoms with Gasteiger partial charge >= 0.3 is 12.0 Å². The lowest BCUT2D eigenvalue weighted by Gasteiger charge is -2.18. The van der Waals surface area contributed by atoms with Gasteiger partial charge in [-0.25, -0.2) is 4.79 Å². The molecule has 104 valence electrons. The molecule has 0 radical (unpaired) electrons. The van der Waals surface area contributed by atoms with Crippen molar-refractivity contribution in [3.8, 4) is 0 Å². The summed E-state index contributed by atoms with van der Waals surface area (Å²) in [5.74, 6) is -0.859. The molecule has 19 heavy (non-hydrogen) atoms. The van der Waals surface area contributed by atoms with Gasteiger partial charge in [0.25, 0.3) is 0 Å². The van der Waals surface area contributed by atoms with Crippen molar-refractivity contribution in [2.45, 2.75) is 12.8 Å². The molecule has 0 aromatic heterocycles. The van der Waals surface area contributed by atoms with Gasteiger partial charge in [0.05, 0.1) is 5.69 Å². The van der Waals surface area contributed by atoms with Crippen LogP contribution in [0.1, 0.15) is 12.8 Å². The zero-order chi connectivity index (χ0) is 14.4. The number of anilines is 1. The van der Waals surface area contributed by atoms with Crippen LogP contribution in [-0.4, -0.2) is 35.6 Å². The quantitative estimate of drug-likeness (QED) is 0.803. The highest BCUT2D eigenvalue weighted by atomic mass is 79.9. The maximum Gasteiger partial charge on any atom is 0.321 e. The molecule has 0 atom stereocenters. The molecule has 0 fully saturated rings. The predicted molar refractivity (Wildman–Crippen MR) is 80.4 cm³/mol. The van der Waals surface area contributed by atoms with Crippen molar-refractivity contribution in [3.05, 3.63) is 27.1 Å². The zero-order valence-electron chi connectivity index (χ0n) is 10.3. The Hall–Kier alpha value is -1.08. The van der Waals surface area contributed by atoms with Crippen molar-refractivity contribution in [1.29, 1.82) is 0 Å². The van der Waals surface area contributed by atoms with Crippen LogP contribution in [0.5, 0.6) is 0 Å². The van der Waals surface area contributed by atoms with E-state index < -0.39 is 5.97 Å². The summed E-state index contributed by atoms with van der Waals surface area (Å²) in [5, 5.41) is 11.3. The molecule has 1 aromatic rings. The number of carboxylic acid groups (broad SMARTS) is 1. The lowest BCUT2D eigenvalue weighted by molar-refractivity contribution is -0.137. The van der Waals surface area contributed by atoms with Crippen molar-refractivity contribution in [2.75, 3.05) is 18.9 Å². The first-order valence-corrected chi connectivity index (χ1v) is 7.18. The number of carboxylic acids is 1. The largest absolute Gasteiger partial charge is 0.481 e. The van der Waals surface area contributed by atoms with E-state index in [1.54, 1.807) is 7.05 Å². The Labute approximate surface area is 128 Å². The molecule has 1 aromatic carbocycles. The van der Waals surface area contributed by atoms with Gasteiger partial charge in [-0.15, -0.1) is 0 Å². The van der Waals surface area contributed by atoms with Gasteiger partial charge in [0.2, 0.25) is 0 Å². The van der Waals surface area contributed by atoms with E-state index in [-0.39, 0.29) is 12.5 Å². The molecule has 0 spiro atoms. The molecule has 0 aliphatic heterocycles. The van der Waals surface area contributed by atoms with E-state index >= 15 is 0 Å². The number of rotatable bonds is 5. The van der Waals surface area contributed by atoms with E-state index in [2.05, 4.69) is 37.2 Å². The molecule has 0 saturated heterocycles. The number of para-hydroxylation sites is 1. The van der Waals surface area contributed by atoms with Gasteiger partial charge < -0.3 is 15.3 Å². The van der Waals surface area contributed by atoms with Gasteiger partial charge in [0, 0.05) is 29.0 Å². The van der Waals surface area contributed by atoms with E-state index in [1.807, 2.05) is 18.2 Å². The summed E-state index contributed by atoms with van der Waals surface area (Å²) in [4.78, 5) is 23.8. The van der Waals surface area contributed by atoms with Crippen LogP contribution in [0.15, 0.2) is 27.1 Å². The molecule has 0 unspecified atom stereocenters. The fourth-order valence-corrected chi connectivity index (χ4v) is 2.59. The summed E-state index contributed by atoms with van der Waals surface area (Å²) in [6, 6.07) is 5.22. The number of urea groups is 1. The highest BCUT2D eigenvalue weighted by Crippen LogP contribution is 2.30. The molecule has 0 bridgehead atoms. The maximum atomic E-state index is 11.9. The number of benzene rings is 1. The minimum Gasteiger partial charge on any atom is -0.481 e. The van der Waals surface area contributed by atoms with Crippen LogP contribution in [0.3, 0.4) is 0 Å². The first-order chi connectivity index (χ1) is 8.91. The van der Waals surface area contributed by atoms with Crippen LogP contribution in [0.25, 0.3) is 0 Å². The Bertz CT molecular complexity index is 460. The topological polar surface area (TPSA) is 69.6 Å². The lowest BCUT2D eigenvalue weighted by atomic mass is 10.3. The van der Waals surface area contributed by atoms with Crippen LogP contribution in [0.4, 0.5) is 10.5 Å². The van der Waals surface area contributed by atoms with E-state index in [1.165, 1.54) is 4.90 Å². The molecular formula is C12H14Br2N2O3. The molecule has 5 nitrogen and oxygen atoms in total. The molecular weight excluding hydrogens is 380 g/mol. The summed E-state index contributed by atoms with van der Waals surface area (Å²) in [6.07, 6.45) is 0.479. The van der Waals surface area contributed by atoms with Crippen molar-refractivity contribution in [1.82, 2.24) is 4.90 Å². The average Bonchev–Trinajstić information content (AvgIpc) is 2.33. The number of amides is 2. The third-order valence-corrected chi connectivity index (χ3v) is 3.75. The number of carbonyl (C=O) groups excluding carboxylic acids is 1. The third kappa shape index (κ3) is 5.20. The molecule has 7 heteroatoms. The minimum atomic E-state index is -0.859. The van der Waals surface area contributed by atoms with E-state index in [4.69, 9.17) is 5.11 Å². The van der Waals surface area contributed by atoms with Gasteiger partial charge in [0.15, 0.2) is 0 Å². The number of nitrogens with one attached hydrogen (secondary N) is 1. The Morgan fingerprint density at radius 3 is 2.42 bits per heavy atom. The monoisotopic (exact) mass is 392 g/mol. The Morgan fingerprint density at radius 2 is 1.89 bits per heavy atom. The summed E-state index contributed by atoms with van der Waals surface area (Å²) in [5.41, 5.74) is 0.651. The van der Waals surface area contributed by atoms with Crippen molar-refractivity contribution >= 4 is 49.5 Å². The number of halogens is 2. The van der Waals surface area contributed by atoms with Crippen LogP contribution >= 0.6 is 31.9 Å². The summed E-state index contributed by atoms with van der Waals surface area (Å²) >= 11 is 6.71. The van der Waals surface area contributed by atoms with E-state index in [0.717, 1.165) is 8.95 Å². The molecule has 2 N–H and O–H groups in total. The fourth-order valence-electron chi connectivity index (χ4n) is 1.39. The molecule has 2 amide bonds. The number of carbonyl (C=O) groups is 2. The second-order valence-electron chi connectivity index (χ2n) is 3.95. The molecule has 0 heterocycles. The first kappa shape index (κ1) is 16.0. The third-order valence-electron chi connectivity index (χ3n) is 2.43. The summed E-state index contributed by atoms with van der Waals surface area (Å²) in [6.45, 7) is 0.389. The first-order valence-electron chi connectivity index (χ1n) is 5.59. The SMILES string of the molecule is CN(CCCC(=O)O)C(=O)Nc1c(Br)cccc1Br. The number of hydrogen-bond donors (Lipinski definition) is 2. The van der Waals surface area contributed by atoms with E-state index in [0.29, 0.717) is 18.7 Å². The Balaban J connectivity index is 2.57. The standard InChI is InChI=1S/C12H14Br2N2O3/c1-16(7-3-6-10(17)18)12(19)15-11-8(13)4-2-5-9(11)14/h2,4-5H,3,6-7H2,1H3,(H,15,19)(H,17,18). The highest BCUT2D eigenvalue weighted by molar-refractivity contribution is 9.11. The van der Waals surface area contributed by atoms with Gasteiger partial charge in [-0.3, -0.25) is 4.79 Å². The van der Waals surface area contributed by atoms with Gasteiger partial charge in [-0.2, -0.15) is 0 Å². The Morgan fingerprint density at radius 1 is 1.32 bits per heavy atom. The number of nitrogens with zero attached hydrogens (tertiary/aromatic N) is 1. The second-order valence-corrected chi connectivity index (χ2v) is 5.65. The molecule has 0 aliphatic carbocycles.